The third-order valence-electron chi connectivity index (χ3n) is 4.78. The van der Waals surface area contributed by atoms with Gasteiger partial charge in [-0.2, -0.15) is 0 Å². The van der Waals surface area contributed by atoms with Crippen molar-refractivity contribution in [2.24, 2.45) is 0 Å². The van der Waals surface area contributed by atoms with E-state index in [0.717, 1.165) is 50.9 Å². The van der Waals surface area contributed by atoms with Crippen LogP contribution in [0, 0.1) is 15.9 Å². The van der Waals surface area contributed by atoms with Crippen LogP contribution in [0.2, 0.25) is 0 Å². The SMILES string of the molecule is O=C(NNC(=O)c1ccc(N2CCCCCC2)c([N+](=O)[O-])c1)c1ccc(F)cc1. The molecule has 2 aromatic rings. The number of benzene rings is 2. The molecule has 0 aromatic heterocycles. The molecule has 2 amide bonds. The highest BCUT2D eigenvalue weighted by Crippen LogP contribution is 2.31. The van der Waals surface area contributed by atoms with Crippen molar-refractivity contribution in [2.45, 2.75) is 25.7 Å². The van der Waals surface area contributed by atoms with E-state index in [1.807, 2.05) is 4.90 Å². The number of anilines is 1. The van der Waals surface area contributed by atoms with Gasteiger partial charge in [0.05, 0.1) is 4.92 Å². The maximum atomic E-state index is 12.9. The van der Waals surface area contributed by atoms with Gasteiger partial charge in [0.25, 0.3) is 17.5 Å². The Hall–Kier alpha value is -3.49. The topological polar surface area (TPSA) is 105 Å². The summed E-state index contributed by atoms with van der Waals surface area (Å²) in [5.41, 5.74) is 4.98. The Kier molecular flexibility index (Phi) is 6.38. The molecule has 0 saturated carbocycles. The van der Waals surface area contributed by atoms with Crippen molar-refractivity contribution in [3.8, 4) is 0 Å². The summed E-state index contributed by atoms with van der Waals surface area (Å²) in [6.07, 6.45) is 4.13. The van der Waals surface area contributed by atoms with Crippen molar-refractivity contribution in [1.82, 2.24) is 10.9 Å². The zero-order valence-corrected chi connectivity index (χ0v) is 15.7. The van der Waals surface area contributed by atoms with Crippen molar-refractivity contribution < 1.29 is 18.9 Å². The molecular formula is C20H21FN4O4. The highest BCUT2D eigenvalue weighted by atomic mass is 19.1. The Bertz CT molecular complexity index is 909. The summed E-state index contributed by atoms with van der Waals surface area (Å²) in [5, 5.41) is 11.6. The molecule has 0 spiro atoms. The standard InChI is InChI=1S/C20H21FN4O4/c21-16-8-5-14(6-9-16)19(26)22-23-20(27)15-7-10-17(18(13-15)25(28)29)24-11-3-1-2-4-12-24/h5-10,13H,1-4,11-12H2,(H,22,26)(H,23,27). The molecular weight excluding hydrogens is 379 g/mol. The van der Waals surface area contributed by atoms with Crippen LogP contribution in [0.4, 0.5) is 15.8 Å². The third kappa shape index (κ3) is 5.07. The van der Waals surface area contributed by atoms with E-state index in [1.54, 1.807) is 6.07 Å². The van der Waals surface area contributed by atoms with E-state index in [9.17, 15) is 24.1 Å². The van der Waals surface area contributed by atoms with Crippen molar-refractivity contribution >= 4 is 23.2 Å². The minimum absolute atomic E-state index is 0.0506. The van der Waals surface area contributed by atoms with Gasteiger partial charge in [0, 0.05) is 30.3 Å². The molecule has 0 unspecified atom stereocenters. The van der Waals surface area contributed by atoms with E-state index in [2.05, 4.69) is 10.9 Å². The molecule has 0 bridgehead atoms. The van der Waals surface area contributed by atoms with E-state index in [0.29, 0.717) is 5.69 Å². The van der Waals surface area contributed by atoms with Gasteiger partial charge in [0.15, 0.2) is 0 Å². The Labute approximate surface area is 166 Å². The number of hydrazine groups is 1. The first kappa shape index (κ1) is 20.2. The molecule has 0 radical (unpaired) electrons. The lowest BCUT2D eigenvalue weighted by atomic mass is 10.1. The maximum absolute atomic E-state index is 12.9. The molecule has 1 aliphatic rings. The molecule has 1 fully saturated rings. The molecule has 29 heavy (non-hydrogen) atoms. The average Bonchev–Trinajstić information content (AvgIpc) is 3.01. The molecule has 1 aliphatic heterocycles. The highest BCUT2D eigenvalue weighted by molar-refractivity contribution is 5.99. The normalized spacial score (nSPS) is 14.0. The highest BCUT2D eigenvalue weighted by Gasteiger charge is 2.23. The van der Waals surface area contributed by atoms with Crippen LogP contribution in [0.5, 0.6) is 0 Å². The number of nitro groups is 1. The fourth-order valence-corrected chi connectivity index (χ4v) is 3.25. The Morgan fingerprint density at radius 2 is 1.45 bits per heavy atom. The lowest BCUT2D eigenvalue weighted by Gasteiger charge is -2.22. The first-order valence-corrected chi connectivity index (χ1v) is 9.35. The average molecular weight is 400 g/mol. The van der Waals surface area contributed by atoms with Gasteiger partial charge in [-0.1, -0.05) is 12.8 Å². The predicted molar refractivity (Wildman–Crippen MR) is 105 cm³/mol. The van der Waals surface area contributed by atoms with Crippen LogP contribution in [0.3, 0.4) is 0 Å². The van der Waals surface area contributed by atoms with E-state index in [1.165, 1.54) is 24.3 Å². The van der Waals surface area contributed by atoms with Crippen LogP contribution in [-0.4, -0.2) is 29.8 Å². The van der Waals surface area contributed by atoms with Crippen molar-refractivity contribution in [2.75, 3.05) is 18.0 Å². The van der Waals surface area contributed by atoms with Crippen molar-refractivity contribution in [3.05, 3.63) is 69.5 Å². The van der Waals surface area contributed by atoms with Crippen LogP contribution in [0.1, 0.15) is 46.4 Å². The lowest BCUT2D eigenvalue weighted by molar-refractivity contribution is -0.384. The summed E-state index contributed by atoms with van der Waals surface area (Å²) < 4.78 is 12.9. The number of nitrogens with zero attached hydrogens (tertiary/aromatic N) is 2. The quantitative estimate of drug-likeness (QED) is 0.606. The van der Waals surface area contributed by atoms with Crippen LogP contribution in [0.15, 0.2) is 42.5 Å². The van der Waals surface area contributed by atoms with Gasteiger partial charge in [-0.25, -0.2) is 4.39 Å². The number of nitrogens with one attached hydrogen (secondary N) is 2. The van der Waals surface area contributed by atoms with Gasteiger partial charge in [-0.05, 0) is 49.2 Å². The summed E-state index contributed by atoms with van der Waals surface area (Å²) in [6, 6.07) is 9.07. The molecule has 2 N–H and O–H groups in total. The zero-order valence-electron chi connectivity index (χ0n) is 15.7. The second-order valence-corrected chi connectivity index (χ2v) is 6.78. The first-order valence-electron chi connectivity index (χ1n) is 9.35. The van der Waals surface area contributed by atoms with Crippen molar-refractivity contribution in [3.63, 3.8) is 0 Å². The fraction of sp³-hybridized carbons (Fsp3) is 0.300. The minimum atomic E-state index is -0.689. The largest absolute Gasteiger partial charge is 0.366 e. The summed E-state index contributed by atoms with van der Waals surface area (Å²) in [5.74, 6) is -1.80. The lowest BCUT2D eigenvalue weighted by Crippen LogP contribution is -2.41. The Balaban J connectivity index is 1.71. The zero-order chi connectivity index (χ0) is 20.8. The summed E-state index contributed by atoms with van der Waals surface area (Å²) in [6.45, 7) is 1.47. The number of nitro benzene ring substituents is 1. The monoisotopic (exact) mass is 400 g/mol. The third-order valence-corrected chi connectivity index (χ3v) is 4.78. The van der Waals surface area contributed by atoms with Crippen LogP contribution >= 0.6 is 0 Å². The van der Waals surface area contributed by atoms with Gasteiger partial charge in [-0.15, -0.1) is 0 Å². The van der Waals surface area contributed by atoms with E-state index in [-0.39, 0.29) is 16.8 Å². The van der Waals surface area contributed by atoms with Gasteiger partial charge < -0.3 is 4.90 Å². The molecule has 8 nitrogen and oxygen atoms in total. The summed E-state index contributed by atoms with van der Waals surface area (Å²) in [7, 11) is 0. The number of carbonyl (C=O) groups excluding carboxylic acids is 2. The summed E-state index contributed by atoms with van der Waals surface area (Å²) in [4.78, 5) is 37.3. The fourth-order valence-electron chi connectivity index (χ4n) is 3.25. The number of hydrogen-bond donors (Lipinski definition) is 2. The predicted octanol–water partition coefficient (Wildman–Crippen LogP) is 3.19. The minimum Gasteiger partial charge on any atom is -0.366 e. The molecule has 1 heterocycles. The Morgan fingerprint density at radius 3 is 2.03 bits per heavy atom. The number of carbonyl (C=O) groups is 2. The van der Waals surface area contributed by atoms with Gasteiger partial charge >= 0.3 is 0 Å². The van der Waals surface area contributed by atoms with Gasteiger partial charge in [-0.3, -0.25) is 30.6 Å². The summed E-state index contributed by atoms with van der Waals surface area (Å²) >= 11 is 0. The van der Waals surface area contributed by atoms with Crippen LogP contribution in [0.25, 0.3) is 0 Å². The second kappa shape index (κ2) is 9.13. The Morgan fingerprint density at radius 1 is 0.897 bits per heavy atom. The number of hydrogen-bond acceptors (Lipinski definition) is 5. The van der Waals surface area contributed by atoms with Gasteiger partial charge in [0.2, 0.25) is 0 Å². The first-order chi connectivity index (χ1) is 14.0. The molecule has 1 saturated heterocycles. The molecule has 9 heteroatoms. The number of rotatable bonds is 4. The van der Waals surface area contributed by atoms with Crippen LogP contribution in [-0.2, 0) is 0 Å². The number of amides is 2. The second-order valence-electron chi connectivity index (χ2n) is 6.78. The number of halogens is 1. The van der Waals surface area contributed by atoms with E-state index < -0.39 is 22.6 Å². The maximum Gasteiger partial charge on any atom is 0.293 e. The van der Waals surface area contributed by atoms with E-state index in [4.69, 9.17) is 0 Å². The van der Waals surface area contributed by atoms with E-state index >= 15 is 0 Å². The molecule has 152 valence electrons. The molecule has 2 aromatic carbocycles. The van der Waals surface area contributed by atoms with Gasteiger partial charge in [0.1, 0.15) is 11.5 Å². The van der Waals surface area contributed by atoms with Crippen molar-refractivity contribution in [1.29, 1.82) is 0 Å². The smallest absolute Gasteiger partial charge is 0.293 e. The molecule has 0 aliphatic carbocycles. The molecule has 0 atom stereocenters. The molecule has 3 rings (SSSR count). The van der Waals surface area contributed by atoms with Crippen LogP contribution < -0.4 is 15.8 Å².